The monoisotopic (exact) mass is 354 g/mol. The molecule has 0 aliphatic heterocycles. The molecule has 2 aromatic rings. The second kappa shape index (κ2) is 7.77. The molecule has 7 nitrogen and oxygen atoms in total. The fourth-order valence-corrected chi connectivity index (χ4v) is 2.13. The van der Waals surface area contributed by atoms with E-state index in [-0.39, 0.29) is 23.2 Å². The molecule has 0 fully saturated rings. The van der Waals surface area contributed by atoms with Crippen LogP contribution in [0.25, 0.3) is 0 Å². The van der Waals surface area contributed by atoms with Gasteiger partial charge >= 0.3 is 0 Å². The van der Waals surface area contributed by atoms with Crippen LogP contribution in [0.1, 0.15) is 48.7 Å². The molecule has 1 heterocycles. The van der Waals surface area contributed by atoms with Crippen LogP contribution in [0.4, 0.5) is 11.4 Å². The van der Waals surface area contributed by atoms with Gasteiger partial charge in [0.25, 0.3) is 11.8 Å². The normalized spacial score (nSPS) is 10.8. The number of hydrogen-bond acceptors (Lipinski definition) is 4. The third kappa shape index (κ3) is 5.70. The van der Waals surface area contributed by atoms with Gasteiger partial charge in [-0.2, -0.15) is 0 Å². The molecule has 0 bridgehead atoms. The molecule has 0 saturated heterocycles. The van der Waals surface area contributed by atoms with Gasteiger partial charge in [0, 0.05) is 23.8 Å². The third-order valence-corrected chi connectivity index (χ3v) is 3.17. The number of rotatable bonds is 4. The molecule has 1 aromatic carbocycles. The Balaban J connectivity index is 2.09. The molecule has 0 unspecified atom stereocenters. The SMILES string of the molecule is CC(=O)Nc1ccc(NC(=O)c2cccc(C(=O)NC(C)(C)C)n2)cc1. The van der Waals surface area contributed by atoms with Crippen molar-refractivity contribution in [3.05, 3.63) is 53.9 Å². The number of carbonyl (C=O) groups is 3. The summed E-state index contributed by atoms with van der Waals surface area (Å²) in [4.78, 5) is 39.7. The topological polar surface area (TPSA) is 100 Å². The summed E-state index contributed by atoms with van der Waals surface area (Å²) < 4.78 is 0. The van der Waals surface area contributed by atoms with Gasteiger partial charge in [0.05, 0.1) is 0 Å². The Morgan fingerprint density at radius 2 is 1.31 bits per heavy atom. The largest absolute Gasteiger partial charge is 0.346 e. The number of benzene rings is 1. The van der Waals surface area contributed by atoms with Gasteiger partial charge in [-0.05, 0) is 57.2 Å². The zero-order chi connectivity index (χ0) is 19.3. The third-order valence-electron chi connectivity index (χ3n) is 3.17. The van der Waals surface area contributed by atoms with E-state index in [1.54, 1.807) is 36.4 Å². The van der Waals surface area contributed by atoms with Crippen molar-refractivity contribution in [3.8, 4) is 0 Å². The molecule has 0 aliphatic carbocycles. The highest BCUT2D eigenvalue weighted by Crippen LogP contribution is 2.14. The second-order valence-electron chi connectivity index (χ2n) is 6.82. The minimum absolute atomic E-state index is 0.137. The number of amides is 3. The number of aromatic nitrogens is 1. The van der Waals surface area contributed by atoms with Gasteiger partial charge in [0.1, 0.15) is 11.4 Å². The first kappa shape index (κ1) is 19.1. The van der Waals surface area contributed by atoms with E-state index >= 15 is 0 Å². The molecule has 1 aromatic heterocycles. The fraction of sp³-hybridized carbons (Fsp3) is 0.263. The lowest BCUT2D eigenvalue weighted by Gasteiger charge is -2.20. The van der Waals surface area contributed by atoms with Gasteiger partial charge in [-0.25, -0.2) is 4.98 Å². The Bertz CT molecular complexity index is 823. The van der Waals surface area contributed by atoms with Crippen molar-refractivity contribution >= 4 is 29.1 Å². The lowest BCUT2D eigenvalue weighted by molar-refractivity contribution is -0.114. The summed E-state index contributed by atoms with van der Waals surface area (Å²) in [6.07, 6.45) is 0. The molecule has 0 spiro atoms. The summed E-state index contributed by atoms with van der Waals surface area (Å²) in [6, 6.07) is 11.4. The van der Waals surface area contributed by atoms with Crippen LogP contribution in [0.2, 0.25) is 0 Å². The van der Waals surface area contributed by atoms with Crippen LogP contribution in [-0.2, 0) is 4.79 Å². The maximum absolute atomic E-state index is 12.4. The minimum Gasteiger partial charge on any atom is -0.346 e. The van der Waals surface area contributed by atoms with Gasteiger partial charge in [0.2, 0.25) is 5.91 Å². The summed E-state index contributed by atoms with van der Waals surface area (Å²) in [6.45, 7) is 7.02. The quantitative estimate of drug-likeness (QED) is 0.786. The van der Waals surface area contributed by atoms with E-state index in [2.05, 4.69) is 20.9 Å². The van der Waals surface area contributed by atoms with Crippen molar-refractivity contribution in [2.24, 2.45) is 0 Å². The predicted octanol–water partition coefficient (Wildman–Crippen LogP) is 2.82. The van der Waals surface area contributed by atoms with Crippen LogP contribution in [0.3, 0.4) is 0 Å². The summed E-state index contributed by atoms with van der Waals surface area (Å²) in [7, 11) is 0. The Morgan fingerprint density at radius 1 is 0.808 bits per heavy atom. The van der Waals surface area contributed by atoms with Gasteiger partial charge in [-0.3, -0.25) is 14.4 Å². The van der Waals surface area contributed by atoms with E-state index in [9.17, 15) is 14.4 Å². The highest BCUT2D eigenvalue weighted by molar-refractivity contribution is 6.04. The number of hydrogen-bond donors (Lipinski definition) is 3. The van der Waals surface area contributed by atoms with Crippen molar-refractivity contribution in [3.63, 3.8) is 0 Å². The average molecular weight is 354 g/mol. The predicted molar refractivity (Wildman–Crippen MR) is 100 cm³/mol. The Labute approximate surface area is 152 Å². The maximum atomic E-state index is 12.4. The fourth-order valence-electron chi connectivity index (χ4n) is 2.13. The molecule has 0 atom stereocenters. The van der Waals surface area contributed by atoms with Crippen LogP contribution >= 0.6 is 0 Å². The Kier molecular flexibility index (Phi) is 5.71. The van der Waals surface area contributed by atoms with Crippen molar-refractivity contribution in [2.75, 3.05) is 10.6 Å². The first-order chi connectivity index (χ1) is 12.1. The summed E-state index contributed by atoms with van der Waals surface area (Å²) in [5.41, 5.74) is 1.10. The standard InChI is InChI=1S/C19H22N4O3/c1-12(24)20-13-8-10-14(11-9-13)21-17(25)15-6-5-7-16(22-15)18(26)23-19(2,3)4/h5-11H,1-4H3,(H,20,24)(H,21,25)(H,23,26). The average Bonchev–Trinajstić information content (AvgIpc) is 2.55. The lowest BCUT2D eigenvalue weighted by atomic mass is 10.1. The Hall–Kier alpha value is -3.22. The number of pyridine rings is 1. The number of carbonyl (C=O) groups excluding carboxylic acids is 3. The second-order valence-corrected chi connectivity index (χ2v) is 6.82. The van der Waals surface area contributed by atoms with E-state index in [1.807, 2.05) is 20.8 Å². The summed E-state index contributed by atoms with van der Waals surface area (Å²) >= 11 is 0. The molecule has 0 aliphatic rings. The lowest BCUT2D eigenvalue weighted by Crippen LogP contribution is -2.41. The van der Waals surface area contributed by atoms with Crippen LogP contribution in [0, 0.1) is 0 Å². The maximum Gasteiger partial charge on any atom is 0.274 e. The van der Waals surface area contributed by atoms with E-state index in [4.69, 9.17) is 0 Å². The molecule has 136 valence electrons. The van der Waals surface area contributed by atoms with Gasteiger partial charge in [-0.15, -0.1) is 0 Å². The number of nitrogens with zero attached hydrogens (tertiary/aromatic N) is 1. The first-order valence-electron chi connectivity index (χ1n) is 8.12. The van der Waals surface area contributed by atoms with Crippen LogP contribution < -0.4 is 16.0 Å². The number of nitrogens with one attached hydrogen (secondary N) is 3. The van der Waals surface area contributed by atoms with Crippen LogP contribution in [-0.4, -0.2) is 28.2 Å². The van der Waals surface area contributed by atoms with Crippen molar-refractivity contribution in [1.82, 2.24) is 10.3 Å². The first-order valence-corrected chi connectivity index (χ1v) is 8.12. The summed E-state index contributed by atoms with van der Waals surface area (Å²) in [5, 5.41) is 8.16. The molecule has 2 rings (SSSR count). The van der Waals surface area contributed by atoms with Crippen molar-refractivity contribution < 1.29 is 14.4 Å². The molecule has 26 heavy (non-hydrogen) atoms. The zero-order valence-electron chi connectivity index (χ0n) is 15.2. The summed E-state index contributed by atoms with van der Waals surface area (Å²) in [5.74, 6) is -0.939. The van der Waals surface area contributed by atoms with E-state index in [0.717, 1.165) is 0 Å². The smallest absolute Gasteiger partial charge is 0.274 e. The molecule has 3 amide bonds. The number of anilines is 2. The molecule has 7 heteroatoms. The molecule has 3 N–H and O–H groups in total. The van der Waals surface area contributed by atoms with Crippen molar-refractivity contribution in [2.45, 2.75) is 33.2 Å². The highest BCUT2D eigenvalue weighted by Gasteiger charge is 2.17. The molecule has 0 saturated carbocycles. The van der Waals surface area contributed by atoms with Gasteiger partial charge in [0.15, 0.2) is 0 Å². The van der Waals surface area contributed by atoms with Gasteiger partial charge < -0.3 is 16.0 Å². The van der Waals surface area contributed by atoms with Crippen LogP contribution in [0.15, 0.2) is 42.5 Å². The van der Waals surface area contributed by atoms with Gasteiger partial charge in [-0.1, -0.05) is 6.07 Å². The zero-order valence-corrected chi connectivity index (χ0v) is 15.2. The van der Waals surface area contributed by atoms with E-state index < -0.39 is 11.4 Å². The molecular weight excluding hydrogens is 332 g/mol. The Morgan fingerprint density at radius 3 is 1.81 bits per heavy atom. The van der Waals surface area contributed by atoms with E-state index in [0.29, 0.717) is 11.4 Å². The highest BCUT2D eigenvalue weighted by atomic mass is 16.2. The molecule has 0 radical (unpaired) electrons. The molecular formula is C19H22N4O3. The van der Waals surface area contributed by atoms with Crippen molar-refractivity contribution in [1.29, 1.82) is 0 Å². The van der Waals surface area contributed by atoms with Crippen LogP contribution in [0.5, 0.6) is 0 Å². The van der Waals surface area contributed by atoms with E-state index in [1.165, 1.54) is 13.0 Å². The minimum atomic E-state index is -0.428.